The molecule has 0 spiro atoms. The SMILES string of the molecule is Cc1cn([C@@H]2C[C@H](CO)N(C(=O)OC(C)(C)C)C2)c(=O)[nH]c1=O. The van der Waals surface area contributed by atoms with Crippen molar-refractivity contribution >= 4 is 6.09 Å². The summed E-state index contributed by atoms with van der Waals surface area (Å²) >= 11 is 0. The molecule has 2 atom stereocenters. The molecule has 0 unspecified atom stereocenters. The molecule has 1 saturated heterocycles. The zero-order valence-corrected chi connectivity index (χ0v) is 13.8. The summed E-state index contributed by atoms with van der Waals surface area (Å²) in [5.74, 6) is 0. The molecule has 1 aliphatic rings. The number of carbonyl (C=O) groups excluding carboxylic acids is 1. The number of aliphatic hydroxyl groups is 1. The average Bonchev–Trinajstić information content (AvgIpc) is 2.85. The van der Waals surface area contributed by atoms with Crippen molar-refractivity contribution in [2.75, 3.05) is 13.2 Å². The molecule has 128 valence electrons. The average molecular weight is 325 g/mol. The van der Waals surface area contributed by atoms with E-state index in [4.69, 9.17) is 4.74 Å². The van der Waals surface area contributed by atoms with Crippen molar-refractivity contribution in [1.29, 1.82) is 0 Å². The highest BCUT2D eigenvalue weighted by Gasteiger charge is 2.38. The fourth-order valence-electron chi connectivity index (χ4n) is 2.67. The molecule has 0 radical (unpaired) electrons. The minimum absolute atomic E-state index is 0.215. The van der Waals surface area contributed by atoms with Crippen LogP contribution in [0, 0.1) is 6.92 Å². The zero-order chi connectivity index (χ0) is 17.4. The van der Waals surface area contributed by atoms with Crippen LogP contribution in [0.4, 0.5) is 4.79 Å². The van der Waals surface area contributed by atoms with Gasteiger partial charge in [0.15, 0.2) is 0 Å². The van der Waals surface area contributed by atoms with E-state index in [9.17, 15) is 19.5 Å². The van der Waals surface area contributed by atoms with Gasteiger partial charge in [0.1, 0.15) is 5.60 Å². The van der Waals surface area contributed by atoms with Gasteiger partial charge in [-0.3, -0.25) is 14.3 Å². The highest BCUT2D eigenvalue weighted by Crippen LogP contribution is 2.27. The second-order valence-corrected chi connectivity index (χ2v) is 6.84. The minimum Gasteiger partial charge on any atom is -0.444 e. The molecule has 1 fully saturated rings. The molecule has 0 aromatic carbocycles. The van der Waals surface area contributed by atoms with E-state index in [1.54, 1.807) is 27.7 Å². The molecule has 0 bridgehead atoms. The highest BCUT2D eigenvalue weighted by molar-refractivity contribution is 5.69. The third-order valence-corrected chi connectivity index (χ3v) is 3.77. The minimum atomic E-state index is -0.638. The van der Waals surface area contributed by atoms with Gasteiger partial charge in [0, 0.05) is 18.3 Å². The molecule has 1 aromatic heterocycles. The van der Waals surface area contributed by atoms with Crippen molar-refractivity contribution < 1.29 is 14.6 Å². The standard InChI is InChI=1S/C15H23N3O5/c1-9-6-17(13(21)16-12(9)20)10-5-11(8-19)18(7-10)14(22)23-15(2,3)4/h6,10-11,19H,5,7-8H2,1-4H3,(H,16,20,21)/t10-,11-/m1/s1. The Balaban J connectivity index is 2.25. The van der Waals surface area contributed by atoms with E-state index >= 15 is 0 Å². The smallest absolute Gasteiger partial charge is 0.410 e. The number of likely N-dealkylation sites (tertiary alicyclic amines) is 1. The first kappa shape index (κ1) is 17.3. The third kappa shape index (κ3) is 3.82. The van der Waals surface area contributed by atoms with Crippen molar-refractivity contribution in [3.63, 3.8) is 0 Å². The fraction of sp³-hybridized carbons (Fsp3) is 0.667. The molecule has 1 aromatic rings. The van der Waals surface area contributed by atoms with E-state index in [1.165, 1.54) is 15.7 Å². The van der Waals surface area contributed by atoms with E-state index in [0.29, 0.717) is 12.0 Å². The number of ether oxygens (including phenoxy) is 1. The largest absolute Gasteiger partial charge is 0.444 e. The molecule has 2 rings (SSSR count). The summed E-state index contributed by atoms with van der Waals surface area (Å²) < 4.78 is 6.75. The lowest BCUT2D eigenvalue weighted by atomic mass is 10.2. The number of aryl methyl sites for hydroxylation is 1. The Hall–Kier alpha value is -2.09. The molecular weight excluding hydrogens is 302 g/mol. The Morgan fingerprint density at radius 3 is 2.65 bits per heavy atom. The molecule has 23 heavy (non-hydrogen) atoms. The molecule has 8 heteroatoms. The van der Waals surface area contributed by atoms with E-state index in [1.807, 2.05) is 0 Å². The van der Waals surface area contributed by atoms with Crippen LogP contribution in [0.2, 0.25) is 0 Å². The Kier molecular flexibility index (Phi) is 4.65. The monoisotopic (exact) mass is 325 g/mol. The Morgan fingerprint density at radius 1 is 1.43 bits per heavy atom. The molecule has 0 saturated carbocycles. The third-order valence-electron chi connectivity index (χ3n) is 3.77. The van der Waals surface area contributed by atoms with Crippen molar-refractivity contribution in [3.05, 3.63) is 32.6 Å². The second-order valence-electron chi connectivity index (χ2n) is 6.84. The number of nitrogens with one attached hydrogen (secondary N) is 1. The maximum Gasteiger partial charge on any atom is 0.410 e. The van der Waals surface area contributed by atoms with Crippen LogP contribution in [0.5, 0.6) is 0 Å². The molecule has 1 aliphatic heterocycles. The summed E-state index contributed by atoms with van der Waals surface area (Å²) in [4.78, 5) is 39.4. The van der Waals surface area contributed by atoms with Gasteiger partial charge in [-0.25, -0.2) is 9.59 Å². The summed E-state index contributed by atoms with van der Waals surface area (Å²) in [6, 6.07) is -0.739. The molecule has 1 amide bonds. The summed E-state index contributed by atoms with van der Waals surface area (Å²) in [5.41, 5.74) is -1.17. The van der Waals surface area contributed by atoms with Crippen LogP contribution in [0.25, 0.3) is 0 Å². The molecule has 2 heterocycles. The van der Waals surface area contributed by atoms with Gasteiger partial charge < -0.3 is 14.7 Å². The second kappa shape index (κ2) is 6.19. The van der Waals surface area contributed by atoms with Gasteiger partial charge in [0.2, 0.25) is 0 Å². The number of aliphatic hydroxyl groups excluding tert-OH is 1. The van der Waals surface area contributed by atoms with Gasteiger partial charge >= 0.3 is 11.8 Å². The number of nitrogens with zero attached hydrogens (tertiary/aromatic N) is 2. The highest BCUT2D eigenvalue weighted by atomic mass is 16.6. The maximum absolute atomic E-state index is 12.3. The van der Waals surface area contributed by atoms with Gasteiger partial charge in [0.05, 0.1) is 18.7 Å². The summed E-state index contributed by atoms with van der Waals surface area (Å²) in [7, 11) is 0. The van der Waals surface area contributed by atoms with Crippen LogP contribution in [0.15, 0.2) is 15.8 Å². The predicted octanol–water partition coefficient (Wildman–Crippen LogP) is 0.388. The van der Waals surface area contributed by atoms with Crippen molar-refractivity contribution in [1.82, 2.24) is 14.5 Å². The summed E-state index contributed by atoms with van der Waals surface area (Å²) in [6.45, 7) is 6.93. The first-order chi connectivity index (χ1) is 10.6. The van der Waals surface area contributed by atoms with Gasteiger partial charge in [-0.1, -0.05) is 0 Å². The number of carbonyl (C=O) groups is 1. The molecule has 0 aliphatic carbocycles. The lowest BCUT2D eigenvalue weighted by molar-refractivity contribution is 0.0172. The lowest BCUT2D eigenvalue weighted by Crippen LogP contribution is -2.41. The van der Waals surface area contributed by atoms with Crippen LogP contribution in [-0.2, 0) is 4.74 Å². The van der Waals surface area contributed by atoms with Crippen LogP contribution < -0.4 is 11.2 Å². The zero-order valence-electron chi connectivity index (χ0n) is 13.8. The first-order valence-corrected chi connectivity index (χ1v) is 7.55. The number of rotatable bonds is 2. The topological polar surface area (TPSA) is 105 Å². The number of H-pyrrole nitrogens is 1. The van der Waals surface area contributed by atoms with E-state index in [-0.39, 0.29) is 19.2 Å². The molecular formula is C15H23N3O5. The summed E-state index contributed by atoms with van der Waals surface area (Å²) in [5, 5.41) is 9.52. The predicted molar refractivity (Wildman–Crippen MR) is 83.5 cm³/mol. The maximum atomic E-state index is 12.3. The van der Waals surface area contributed by atoms with Crippen LogP contribution in [-0.4, -0.2) is 50.4 Å². The van der Waals surface area contributed by atoms with E-state index in [0.717, 1.165) is 0 Å². The molecule has 8 nitrogen and oxygen atoms in total. The number of amides is 1. The van der Waals surface area contributed by atoms with Gasteiger partial charge in [-0.15, -0.1) is 0 Å². The Bertz CT molecular complexity index is 700. The fourth-order valence-corrected chi connectivity index (χ4v) is 2.67. The van der Waals surface area contributed by atoms with Gasteiger partial charge in [-0.2, -0.15) is 0 Å². The number of hydrogen-bond acceptors (Lipinski definition) is 5. The first-order valence-electron chi connectivity index (χ1n) is 7.55. The molecule has 2 N–H and O–H groups in total. The Morgan fingerprint density at radius 2 is 2.09 bits per heavy atom. The van der Waals surface area contributed by atoms with Crippen LogP contribution in [0.3, 0.4) is 0 Å². The van der Waals surface area contributed by atoms with Crippen molar-refractivity contribution in [3.8, 4) is 0 Å². The van der Waals surface area contributed by atoms with E-state index < -0.39 is 29.0 Å². The summed E-state index contributed by atoms with van der Waals surface area (Å²) in [6.07, 6.45) is 1.38. The van der Waals surface area contributed by atoms with Crippen molar-refractivity contribution in [2.45, 2.75) is 51.8 Å². The van der Waals surface area contributed by atoms with E-state index in [2.05, 4.69) is 4.98 Å². The number of hydrogen-bond donors (Lipinski definition) is 2. The number of aromatic nitrogens is 2. The van der Waals surface area contributed by atoms with Crippen LogP contribution in [0.1, 0.15) is 38.8 Å². The lowest BCUT2D eigenvalue weighted by Gasteiger charge is -2.27. The van der Waals surface area contributed by atoms with Gasteiger partial charge in [0.25, 0.3) is 5.56 Å². The van der Waals surface area contributed by atoms with Gasteiger partial charge in [-0.05, 0) is 34.1 Å². The number of aromatic amines is 1. The van der Waals surface area contributed by atoms with Crippen molar-refractivity contribution in [2.24, 2.45) is 0 Å². The quantitative estimate of drug-likeness (QED) is 0.818. The normalized spacial score (nSPS) is 21.5. The van der Waals surface area contributed by atoms with Crippen LogP contribution >= 0.6 is 0 Å². The Labute approximate surface area is 133 Å².